The highest BCUT2D eigenvalue weighted by molar-refractivity contribution is 5.32. The van der Waals surface area contributed by atoms with Crippen LogP contribution in [0.1, 0.15) is 61.5 Å². The molecule has 2 aromatic rings. The number of ether oxygens (including phenoxy) is 1. The van der Waals surface area contributed by atoms with Crippen molar-refractivity contribution in [3.63, 3.8) is 0 Å². The van der Waals surface area contributed by atoms with Crippen LogP contribution in [-0.4, -0.2) is 38.7 Å². The normalized spacial score (nSPS) is 22.5. The van der Waals surface area contributed by atoms with E-state index in [1.54, 1.807) is 4.52 Å². The van der Waals surface area contributed by atoms with Crippen LogP contribution in [0.15, 0.2) is 6.20 Å². The number of nitrogens with zero attached hydrogens (tertiary/aromatic N) is 4. The fourth-order valence-electron chi connectivity index (χ4n) is 4.01. The van der Waals surface area contributed by atoms with Gasteiger partial charge in [-0.05, 0) is 44.9 Å². The van der Waals surface area contributed by atoms with Crippen LogP contribution in [-0.2, 0) is 11.2 Å². The van der Waals surface area contributed by atoms with Crippen LogP contribution in [0.3, 0.4) is 0 Å². The first-order chi connectivity index (χ1) is 12.0. The minimum absolute atomic E-state index is 0.00541. The number of fused-ring (bicyclic) bond motifs is 1. The van der Waals surface area contributed by atoms with Gasteiger partial charge < -0.3 is 4.74 Å². The van der Waals surface area contributed by atoms with Gasteiger partial charge in [-0.3, -0.25) is 0 Å². The third-order valence-electron chi connectivity index (χ3n) is 5.51. The monoisotopic (exact) mass is 350 g/mol. The van der Waals surface area contributed by atoms with E-state index in [1.807, 2.05) is 13.1 Å². The van der Waals surface area contributed by atoms with Gasteiger partial charge in [0, 0.05) is 32.0 Å². The van der Waals surface area contributed by atoms with Crippen molar-refractivity contribution in [2.45, 2.75) is 63.7 Å². The molecule has 0 spiro atoms. The lowest BCUT2D eigenvalue weighted by molar-refractivity contribution is -0.0457. The van der Waals surface area contributed by atoms with Crippen molar-refractivity contribution in [1.29, 1.82) is 0 Å². The van der Waals surface area contributed by atoms with E-state index in [0.717, 1.165) is 49.6 Å². The van der Waals surface area contributed by atoms with E-state index in [0.29, 0.717) is 24.5 Å². The molecule has 2 fully saturated rings. The fourth-order valence-corrected chi connectivity index (χ4v) is 4.01. The molecule has 0 amide bonds. The maximum Gasteiger partial charge on any atom is 0.251 e. The van der Waals surface area contributed by atoms with Gasteiger partial charge in [0.15, 0.2) is 0 Å². The Bertz CT molecular complexity index is 745. The zero-order chi connectivity index (χ0) is 17.4. The second kappa shape index (κ2) is 6.59. The molecule has 0 radical (unpaired) electrons. The summed E-state index contributed by atoms with van der Waals surface area (Å²) < 4.78 is 33.8. The van der Waals surface area contributed by atoms with Crippen LogP contribution in [0, 0.1) is 12.8 Å². The standard InChI is InChI=1S/C18H24F2N4O/c1-12-16(14-4-8-25-9-5-14)22-17-21-15(11-24(17)23-12)10-13-2-6-18(19,20)7-3-13/h11,13-14H,2-10H2,1H3. The molecule has 25 heavy (non-hydrogen) atoms. The molecule has 7 heteroatoms. The van der Waals surface area contributed by atoms with Gasteiger partial charge >= 0.3 is 0 Å². The minimum Gasteiger partial charge on any atom is -0.381 e. The molecule has 0 N–H and O–H groups in total. The molecule has 0 aromatic carbocycles. The summed E-state index contributed by atoms with van der Waals surface area (Å²) in [5.41, 5.74) is 2.85. The quantitative estimate of drug-likeness (QED) is 0.847. The molecule has 1 saturated carbocycles. The van der Waals surface area contributed by atoms with Gasteiger partial charge in [-0.25, -0.2) is 23.3 Å². The summed E-state index contributed by atoms with van der Waals surface area (Å²) in [6.45, 7) is 3.52. The molecule has 2 aromatic heterocycles. The highest BCUT2D eigenvalue weighted by atomic mass is 19.3. The van der Waals surface area contributed by atoms with Crippen LogP contribution in [0.4, 0.5) is 8.78 Å². The van der Waals surface area contributed by atoms with E-state index >= 15 is 0 Å². The number of aromatic nitrogens is 4. The Labute approximate surface area is 145 Å². The van der Waals surface area contributed by atoms with Crippen molar-refractivity contribution < 1.29 is 13.5 Å². The third kappa shape index (κ3) is 3.66. The lowest BCUT2D eigenvalue weighted by Crippen LogP contribution is -2.25. The van der Waals surface area contributed by atoms with Crippen molar-refractivity contribution in [1.82, 2.24) is 19.6 Å². The van der Waals surface area contributed by atoms with Crippen LogP contribution in [0.5, 0.6) is 0 Å². The van der Waals surface area contributed by atoms with Crippen LogP contribution >= 0.6 is 0 Å². The first-order valence-electron chi connectivity index (χ1n) is 9.18. The Hall–Kier alpha value is -1.63. The highest BCUT2D eigenvalue weighted by Crippen LogP contribution is 2.37. The smallest absolute Gasteiger partial charge is 0.251 e. The molecule has 2 aliphatic rings. The molecule has 0 atom stereocenters. The van der Waals surface area contributed by atoms with Gasteiger partial charge in [0.25, 0.3) is 5.78 Å². The molecule has 4 rings (SSSR count). The number of hydrogen-bond acceptors (Lipinski definition) is 4. The van der Waals surface area contributed by atoms with Crippen molar-refractivity contribution in [3.05, 3.63) is 23.3 Å². The summed E-state index contributed by atoms with van der Waals surface area (Å²) >= 11 is 0. The van der Waals surface area contributed by atoms with E-state index in [9.17, 15) is 8.78 Å². The fraction of sp³-hybridized carbons (Fsp3) is 0.722. The van der Waals surface area contributed by atoms with Gasteiger partial charge in [-0.1, -0.05) is 0 Å². The maximum absolute atomic E-state index is 13.3. The number of hydrogen-bond donors (Lipinski definition) is 0. The van der Waals surface area contributed by atoms with Crippen molar-refractivity contribution in [3.8, 4) is 0 Å². The van der Waals surface area contributed by atoms with Gasteiger partial charge in [0.2, 0.25) is 5.92 Å². The van der Waals surface area contributed by atoms with E-state index in [1.165, 1.54) is 0 Å². The number of rotatable bonds is 3. The Morgan fingerprint density at radius 1 is 1.16 bits per heavy atom. The largest absolute Gasteiger partial charge is 0.381 e. The lowest BCUT2D eigenvalue weighted by Gasteiger charge is -2.27. The second-order valence-corrected chi connectivity index (χ2v) is 7.45. The van der Waals surface area contributed by atoms with Gasteiger partial charge in [-0.15, -0.1) is 0 Å². The Balaban J connectivity index is 1.52. The predicted molar refractivity (Wildman–Crippen MR) is 88.9 cm³/mol. The second-order valence-electron chi connectivity index (χ2n) is 7.45. The SMILES string of the molecule is Cc1nn2cc(CC3CCC(F)(F)CC3)nc2nc1C1CCOCC1. The number of alkyl halides is 2. The summed E-state index contributed by atoms with van der Waals surface area (Å²) in [7, 11) is 0. The Morgan fingerprint density at radius 3 is 2.60 bits per heavy atom. The minimum atomic E-state index is -2.48. The highest BCUT2D eigenvalue weighted by Gasteiger charge is 2.35. The third-order valence-corrected chi connectivity index (χ3v) is 5.51. The molecule has 0 bridgehead atoms. The molecule has 0 unspecified atom stereocenters. The number of halogens is 2. The molecular weight excluding hydrogens is 326 g/mol. The lowest BCUT2D eigenvalue weighted by atomic mass is 9.84. The topological polar surface area (TPSA) is 52.3 Å². The molecule has 1 aliphatic carbocycles. The number of imidazole rings is 1. The van der Waals surface area contributed by atoms with Crippen LogP contribution in [0.25, 0.3) is 5.78 Å². The van der Waals surface area contributed by atoms with E-state index in [4.69, 9.17) is 9.72 Å². The average molecular weight is 350 g/mol. The predicted octanol–water partition coefficient (Wildman–Crippen LogP) is 3.69. The van der Waals surface area contributed by atoms with Gasteiger partial charge in [-0.2, -0.15) is 5.10 Å². The average Bonchev–Trinajstić information content (AvgIpc) is 2.98. The zero-order valence-corrected chi connectivity index (χ0v) is 14.5. The van der Waals surface area contributed by atoms with E-state index < -0.39 is 5.92 Å². The zero-order valence-electron chi connectivity index (χ0n) is 14.5. The summed E-state index contributed by atoms with van der Waals surface area (Å²) in [6, 6.07) is 0. The maximum atomic E-state index is 13.3. The van der Waals surface area contributed by atoms with Crippen LogP contribution in [0.2, 0.25) is 0 Å². The summed E-state index contributed by atoms with van der Waals surface area (Å²) in [5, 5.41) is 4.62. The number of aryl methyl sites for hydroxylation is 1. The molecule has 3 heterocycles. The first kappa shape index (κ1) is 16.8. The van der Waals surface area contributed by atoms with E-state index in [2.05, 4.69) is 10.1 Å². The first-order valence-corrected chi connectivity index (χ1v) is 9.18. The molecule has 1 aliphatic heterocycles. The van der Waals surface area contributed by atoms with Gasteiger partial charge in [0.05, 0.1) is 23.3 Å². The Kier molecular flexibility index (Phi) is 4.43. The molecule has 136 valence electrons. The van der Waals surface area contributed by atoms with Gasteiger partial charge in [0.1, 0.15) is 0 Å². The summed E-state index contributed by atoms with van der Waals surface area (Å²) in [4.78, 5) is 9.36. The molecule has 5 nitrogen and oxygen atoms in total. The molecule has 1 saturated heterocycles. The van der Waals surface area contributed by atoms with E-state index in [-0.39, 0.29) is 18.8 Å². The molecular formula is C18H24F2N4O. The van der Waals surface area contributed by atoms with Crippen molar-refractivity contribution in [2.75, 3.05) is 13.2 Å². The summed E-state index contributed by atoms with van der Waals surface area (Å²) in [6.07, 6.45) is 5.68. The van der Waals surface area contributed by atoms with Crippen molar-refractivity contribution in [2.24, 2.45) is 5.92 Å². The Morgan fingerprint density at radius 2 is 1.88 bits per heavy atom. The van der Waals surface area contributed by atoms with Crippen LogP contribution < -0.4 is 0 Å². The van der Waals surface area contributed by atoms with Crippen molar-refractivity contribution >= 4 is 5.78 Å². The summed E-state index contributed by atoms with van der Waals surface area (Å²) in [5.74, 6) is -1.20.